The molecule has 0 bridgehead atoms. The number of aromatic nitrogens is 2. The average molecular weight is 495 g/mol. The Kier molecular flexibility index (Phi) is 7.71. The number of ether oxygens (including phenoxy) is 1. The van der Waals surface area contributed by atoms with Gasteiger partial charge in [-0.1, -0.05) is 48.5 Å². The Bertz CT molecular complexity index is 1180. The van der Waals surface area contributed by atoms with Crippen LogP contribution in [0.3, 0.4) is 0 Å². The summed E-state index contributed by atoms with van der Waals surface area (Å²) in [5.74, 6) is -0.894. The van der Waals surface area contributed by atoms with Gasteiger partial charge in [-0.3, -0.25) is 14.3 Å². The molecule has 0 radical (unpaired) electrons. The smallest absolute Gasteiger partial charge is 0.407 e. The van der Waals surface area contributed by atoms with Crippen LogP contribution in [-0.4, -0.2) is 57.5 Å². The second-order valence-electron chi connectivity index (χ2n) is 8.11. The van der Waals surface area contributed by atoms with Crippen LogP contribution in [0.5, 0.6) is 0 Å². The maximum atomic E-state index is 12.8. The number of hydrogen-bond acceptors (Lipinski definition) is 6. The van der Waals surface area contributed by atoms with Crippen molar-refractivity contribution in [3.63, 3.8) is 0 Å². The van der Waals surface area contributed by atoms with Crippen molar-refractivity contribution in [2.75, 3.05) is 23.9 Å². The molecular formula is C25H26N4O5S. The molecule has 0 fully saturated rings. The number of benzene rings is 2. The number of aliphatic carboxylic acids is 1. The quantitative estimate of drug-likeness (QED) is 0.394. The second kappa shape index (κ2) is 11.1. The van der Waals surface area contributed by atoms with Gasteiger partial charge in [0.05, 0.1) is 11.9 Å². The molecule has 3 aromatic rings. The van der Waals surface area contributed by atoms with Gasteiger partial charge >= 0.3 is 12.1 Å². The zero-order valence-electron chi connectivity index (χ0n) is 19.1. The van der Waals surface area contributed by atoms with E-state index in [1.54, 1.807) is 11.8 Å². The molecule has 9 nitrogen and oxygen atoms in total. The van der Waals surface area contributed by atoms with Crippen LogP contribution in [0.2, 0.25) is 0 Å². The summed E-state index contributed by atoms with van der Waals surface area (Å²) in [6, 6.07) is 15.3. The number of nitrogens with one attached hydrogen (secondary N) is 2. The van der Waals surface area contributed by atoms with Crippen LogP contribution in [0.25, 0.3) is 11.1 Å². The van der Waals surface area contributed by atoms with Crippen molar-refractivity contribution < 1.29 is 24.2 Å². The van der Waals surface area contributed by atoms with Crippen LogP contribution in [-0.2, 0) is 20.9 Å². The molecule has 182 valence electrons. The molecule has 1 heterocycles. The maximum absolute atomic E-state index is 12.8. The standard InChI is InChI=1S/C25H26N4O5S/c1-35-11-10-22(24(32)27-16-12-26-29(13-16)14-23(30)31)28-25(33)34-15-21-19-8-4-2-6-17(19)18-7-3-5-9-20(18)21/h2-9,12-13,21-22H,10-11,14-15H2,1H3,(H,27,32)(H,28,33)(H,30,31)/t22-/m1/s1. The summed E-state index contributed by atoms with van der Waals surface area (Å²) in [6.45, 7) is -0.164. The summed E-state index contributed by atoms with van der Waals surface area (Å²) >= 11 is 1.56. The van der Waals surface area contributed by atoms with Crippen molar-refractivity contribution in [3.05, 3.63) is 72.1 Å². The molecule has 1 aliphatic rings. The number of anilines is 1. The fraction of sp³-hybridized carbons (Fsp3) is 0.280. The number of amides is 2. The Labute approximate surface area is 206 Å². The molecule has 10 heteroatoms. The fourth-order valence-corrected chi connectivity index (χ4v) is 4.64. The summed E-state index contributed by atoms with van der Waals surface area (Å²) in [5, 5.41) is 18.1. The highest BCUT2D eigenvalue weighted by atomic mass is 32.2. The van der Waals surface area contributed by atoms with Gasteiger partial charge in [-0.05, 0) is 40.7 Å². The lowest BCUT2D eigenvalue weighted by atomic mass is 9.98. The zero-order chi connectivity index (χ0) is 24.8. The first-order valence-electron chi connectivity index (χ1n) is 11.1. The molecule has 2 aromatic carbocycles. The largest absolute Gasteiger partial charge is 0.480 e. The molecule has 1 aromatic heterocycles. The number of carboxylic acid groups (broad SMARTS) is 1. The molecule has 0 saturated carbocycles. The lowest BCUT2D eigenvalue weighted by Crippen LogP contribution is -2.44. The Balaban J connectivity index is 1.38. The number of rotatable bonds is 10. The Hall–Kier alpha value is -3.79. The van der Waals surface area contributed by atoms with Gasteiger partial charge in [0.1, 0.15) is 19.2 Å². The number of carbonyl (C=O) groups is 3. The van der Waals surface area contributed by atoms with Gasteiger partial charge in [0.15, 0.2) is 0 Å². The van der Waals surface area contributed by atoms with Gasteiger partial charge < -0.3 is 20.5 Å². The van der Waals surface area contributed by atoms with Crippen molar-refractivity contribution in [1.82, 2.24) is 15.1 Å². The van der Waals surface area contributed by atoms with Crippen LogP contribution in [0.4, 0.5) is 10.5 Å². The molecule has 4 rings (SSSR count). The number of carbonyl (C=O) groups excluding carboxylic acids is 2. The van der Waals surface area contributed by atoms with E-state index in [1.807, 2.05) is 42.7 Å². The minimum atomic E-state index is -1.04. The third-order valence-electron chi connectivity index (χ3n) is 5.76. The normalized spacial score (nSPS) is 12.9. The van der Waals surface area contributed by atoms with E-state index in [2.05, 4.69) is 27.9 Å². The number of carboxylic acids is 1. The van der Waals surface area contributed by atoms with Crippen molar-refractivity contribution in [1.29, 1.82) is 0 Å². The molecule has 35 heavy (non-hydrogen) atoms. The maximum Gasteiger partial charge on any atom is 0.407 e. The predicted octanol–water partition coefficient (Wildman–Crippen LogP) is 3.57. The Morgan fingerprint density at radius 3 is 2.40 bits per heavy atom. The first-order valence-corrected chi connectivity index (χ1v) is 12.5. The molecule has 0 saturated heterocycles. The average Bonchev–Trinajstić information content (AvgIpc) is 3.41. The van der Waals surface area contributed by atoms with E-state index >= 15 is 0 Å². The number of thioether (sulfide) groups is 1. The summed E-state index contributed by atoms with van der Waals surface area (Å²) in [6.07, 6.45) is 4.43. The van der Waals surface area contributed by atoms with E-state index in [0.717, 1.165) is 22.3 Å². The van der Waals surface area contributed by atoms with E-state index in [1.165, 1.54) is 17.1 Å². The van der Waals surface area contributed by atoms with Gasteiger partial charge in [0.2, 0.25) is 5.91 Å². The lowest BCUT2D eigenvalue weighted by Gasteiger charge is -2.19. The predicted molar refractivity (Wildman–Crippen MR) is 133 cm³/mol. The summed E-state index contributed by atoms with van der Waals surface area (Å²) in [4.78, 5) is 36.3. The molecule has 1 atom stereocenters. The SMILES string of the molecule is CSCC[C@@H](NC(=O)OCC1c2ccccc2-c2ccccc21)C(=O)Nc1cnn(CC(=O)O)c1. The summed E-state index contributed by atoms with van der Waals surface area (Å²) < 4.78 is 6.78. The monoisotopic (exact) mass is 494 g/mol. The molecule has 0 aliphatic heterocycles. The molecule has 0 unspecified atom stereocenters. The van der Waals surface area contributed by atoms with Gasteiger partial charge in [0, 0.05) is 12.1 Å². The van der Waals surface area contributed by atoms with Crippen LogP contribution in [0.1, 0.15) is 23.5 Å². The first kappa shape index (κ1) is 24.3. The third kappa shape index (κ3) is 5.83. The number of alkyl carbamates (subject to hydrolysis) is 1. The molecule has 2 amide bonds. The minimum Gasteiger partial charge on any atom is -0.480 e. The molecular weight excluding hydrogens is 468 g/mol. The van der Waals surface area contributed by atoms with Crippen LogP contribution in [0, 0.1) is 0 Å². The zero-order valence-corrected chi connectivity index (χ0v) is 20.0. The van der Waals surface area contributed by atoms with Crippen molar-refractivity contribution >= 4 is 35.4 Å². The summed E-state index contributed by atoms with van der Waals surface area (Å²) in [7, 11) is 0. The van der Waals surface area contributed by atoms with Gasteiger partial charge in [-0.25, -0.2) is 4.79 Å². The second-order valence-corrected chi connectivity index (χ2v) is 9.10. The highest BCUT2D eigenvalue weighted by Gasteiger charge is 2.29. The first-order chi connectivity index (χ1) is 17.0. The fourth-order valence-electron chi connectivity index (χ4n) is 4.17. The van der Waals surface area contributed by atoms with E-state index < -0.39 is 24.0 Å². The van der Waals surface area contributed by atoms with E-state index in [0.29, 0.717) is 17.9 Å². The molecule has 3 N–H and O–H groups in total. The highest BCUT2D eigenvalue weighted by molar-refractivity contribution is 7.98. The van der Waals surface area contributed by atoms with Crippen molar-refractivity contribution in [2.45, 2.75) is 24.9 Å². The number of nitrogens with zero attached hydrogens (tertiary/aromatic N) is 2. The van der Waals surface area contributed by atoms with Gasteiger partial charge in [0.25, 0.3) is 0 Å². The Morgan fingerprint density at radius 1 is 1.11 bits per heavy atom. The lowest BCUT2D eigenvalue weighted by molar-refractivity contribution is -0.137. The van der Waals surface area contributed by atoms with Crippen LogP contribution < -0.4 is 10.6 Å². The number of hydrogen-bond donors (Lipinski definition) is 3. The molecule has 1 aliphatic carbocycles. The highest BCUT2D eigenvalue weighted by Crippen LogP contribution is 2.44. The third-order valence-corrected chi connectivity index (χ3v) is 6.40. The summed E-state index contributed by atoms with van der Waals surface area (Å²) in [5.41, 5.74) is 4.84. The van der Waals surface area contributed by atoms with E-state index in [-0.39, 0.29) is 19.1 Å². The van der Waals surface area contributed by atoms with E-state index in [9.17, 15) is 14.4 Å². The van der Waals surface area contributed by atoms with Crippen molar-refractivity contribution in [3.8, 4) is 11.1 Å². The minimum absolute atomic E-state index is 0.0771. The van der Waals surface area contributed by atoms with Crippen LogP contribution >= 0.6 is 11.8 Å². The topological polar surface area (TPSA) is 123 Å². The van der Waals surface area contributed by atoms with Crippen LogP contribution in [0.15, 0.2) is 60.9 Å². The van der Waals surface area contributed by atoms with Gasteiger partial charge in [-0.15, -0.1) is 0 Å². The van der Waals surface area contributed by atoms with Gasteiger partial charge in [-0.2, -0.15) is 16.9 Å². The van der Waals surface area contributed by atoms with E-state index in [4.69, 9.17) is 9.84 Å². The number of fused-ring (bicyclic) bond motifs is 3. The molecule has 0 spiro atoms. The van der Waals surface area contributed by atoms with Crippen molar-refractivity contribution in [2.24, 2.45) is 0 Å². The Morgan fingerprint density at radius 2 is 1.77 bits per heavy atom.